The zero-order chi connectivity index (χ0) is 23.0. The number of morpholine rings is 1. The molecule has 0 saturated carbocycles. The molecule has 1 aromatic heterocycles. The Hall–Kier alpha value is -3.16. The molecule has 0 bridgehead atoms. The third-order valence-corrected chi connectivity index (χ3v) is 5.85. The summed E-state index contributed by atoms with van der Waals surface area (Å²) in [7, 11) is 0. The van der Waals surface area contributed by atoms with Crippen LogP contribution in [0.3, 0.4) is 0 Å². The predicted octanol–water partition coefficient (Wildman–Crippen LogP) is 4.06. The topological polar surface area (TPSA) is 71.4 Å². The van der Waals surface area contributed by atoms with Crippen molar-refractivity contribution in [1.82, 2.24) is 19.8 Å². The minimum absolute atomic E-state index is 0.211. The first kappa shape index (κ1) is 23.0. The zero-order valence-corrected chi connectivity index (χ0v) is 19.4. The second kappa shape index (κ2) is 11.1. The molecule has 2 N–H and O–H groups in total. The molecule has 7 heteroatoms. The van der Waals surface area contributed by atoms with Gasteiger partial charge in [0.25, 0.3) is 0 Å². The molecule has 0 aliphatic carbocycles. The first-order chi connectivity index (χ1) is 16.1. The van der Waals surface area contributed by atoms with E-state index in [0.29, 0.717) is 6.54 Å². The number of anilines is 1. The van der Waals surface area contributed by atoms with Gasteiger partial charge in [0.05, 0.1) is 18.8 Å². The van der Waals surface area contributed by atoms with Crippen molar-refractivity contribution < 1.29 is 9.53 Å². The van der Waals surface area contributed by atoms with Gasteiger partial charge in [0.15, 0.2) is 0 Å². The zero-order valence-electron chi connectivity index (χ0n) is 19.4. The Kier molecular flexibility index (Phi) is 7.75. The molecule has 2 heterocycles. The summed E-state index contributed by atoms with van der Waals surface area (Å²) in [6, 6.07) is 18.1. The first-order valence-corrected chi connectivity index (χ1v) is 11.6. The lowest BCUT2D eigenvalue weighted by Crippen LogP contribution is -2.44. The maximum Gasteiger partial charge on any atom is 0.319 e. The van der Waals surface area contributed by atoms with E-state index in [1.54, 1.807) is 6.20 Å². The van der Waals surface area contributed by atoms with E-state index in [1.165, 1.54) is 5.56 Å². The molecule has 0 unspecified atom stereocenters. The molecule has 2 atom stereocenters. The Morgan fingerprint density at radius 3 is 2.58 bits per heavy atom. The van der Waals surface area contributed by atoms with Crippen molar-refractivity contribution in [3.05, 3.63) is 83.9 Å². The fourth-order valence-corrected chi connectivity index (χ4v) is 4.37. The molecule has 2 aromatic carbocycles. The highest BCUT2D eigenvalue weighted by molar-refractivity contribution is 5.90. The van der Waals surface area contributed by atoms with Crippen LogP contribution in [0, 0.1) is 0 Å². The monoisotopic (exact) mass is 447 g/mol. The van der Waals surface area contributed by atoms with E-state index in [1.807, 2.05) is 42.6 Å². The normalized spacial score (nSPS) is 18.7. The van der Waals surface area contributed by atoms with Crippen LogP contribution in [0.25, 0.3) is 0 Å². The van der Waals surface area contributed by atoms with Crippen LogP contribution in [0.1, 0.15) is 30.8 Å². The van der Waals surface area contributed by atoms with Gasteiger partial charge < -0.3 is 19.9 Å². The van der Waals surface area contributed by atoms with Crippen LogP contribution in [0.2, 0.25) is 0 Å². The van der Waals surface area contributed by atoms with E-state index in [2.05, 4.69) is 57.1 Å². The number of hydrogen-bond donors (Lipinski definition) is 2. The van der Waals surface area contributed by atoms with Crippen molar-refractivity contribution >= 4 is 11.7 Å². The average Bonchev–Trinajstić information content (AvgIpc) is 3.25. The molecule has 33 heavy (non-hydrogen) atoms. The summed E-state index contributed by atoms with van der Waals surface area (Å²) >= 11 is 0. The number of benzene rings is 2. The molecule has 7 nitrogen and oxygen atoms in total. The summed E-state index contributed by atoms with van der Waals surface area (Å²) in [5, 5.41) is 5.97. The molecule has 1 aliphatic rings. The Labute approximate surface area is 195 Å². The van der Waals surface area contributed by atoms with E-state index < -0.39 is 0 Å². The second-order valence-corrected chi connectivity index (χ2v) is 8.69. The van der Waals surface area contributed by atoms with Crippen molar-refractivity contribution in [2.45, 2.75) is 52.1 Å². The van der Waals surface area contributed by atoms with Gasteiger partial charge in [-0.05, 0) is 37.5 Å². The van der Waals surface area contributed by atoms with Crippen molar-refractivity contribution in [3.63, 3.8) is 0 Å². The summed E-state index contributed by atoms with van der Waals surface area (Å²) in [5.74, 6) is 0.839. The van der Waals surface area contributed by atoms with E-state index in [-0.39, 0.29) is 18.2 Å². The molecule has 2 amide bonds. The highest BCUT2D eigenvalue weighted by Gasteiger charge is 2.22. The molecule has 0 spiro atoms. The Balaban J connectivity index is 1.31. The number of nitrogens with zero attached hydrogens (tertiary/aromatic N) is 3. The third-order valence-electron chi connectivity index (χ3n) is 5.85. The summed E-state index contributed by atoms with van der Waals surface area (Å²) in [6.45, 7) is 7.94. The molecule has 1 fully saturated rings. The van der Waals surface area contributed by atoms with Crippen LogP contribution in [0.5, 0.6) is 0 Å². The summed E-state index contributed by atoms with van der Waals surface area (Å²) in [6.07, 6.45) is 5.07. The molecule has 0 radical (unpaired) electrons. The quantitative estimate of drug-likeness (QED) is 0.546. The van der Waals surface area contributed by atoms with Gasteiger partial charge in [-0.3, -0.25) is 4.90 Å². The smallest absolute Gasteiger partial charge is 0.319 e. The predicted molar refractivity (Wildman–Crippen MR) is 130 cm³/mol. The highest BCUT2D eigenvalue weighted by Crippen LogP contribution is 2.20. The number of rotatable bonds is 8. The SMILES string of the molecule is C[C@@H]1CN(Cc2ccccc2NC(=O)NCc2nccn2CCc2ccccc2)C[C@H](C)O1. The number of aromatic nitrogens is 2. The summed E-state index contributed by atoms with van der Waals surface area (Å²) in [4.78, 5) is 19.4. The summed E-state index contributed by atoms with van der Waals surface area (Å²) < 4.78 is 7.92. The van der Waals surface area contributed by atoms with Crippen LogP contribution in [0.4, 0.5) is 10.5 Å². The Bertz CT molecular complexity index is 1030. The maximum absolute atomic E-state index is 12.7. The number of carbonyl (C=O) groups is 1. The lowest BCUT2D eigenvalue weighted by molar-refractivity contribution is -0.0704. The number of amides is 2. The molecule has 1 aliphatic heterocycles. The van der Waals surface area contributed by atoms with Crippen LogP contribution >= 0.6 is 0 Å². The number of para-hydroxylation sites is 1. The third kappa shape index (κ3) is 6.66. The van der Waals surface area contributed by atoms with Crippen LogP contribution in [-0.4, -0.2) is 45.8 Å². The van der Waals surface area contributed by atoms with Crippen molar-refractivity contribution in [1.29, 1.82) is 0 Å². The molecule has 174 valence electrons. The van der Waals surface area contributed by atoms with Gasteiger partial charge in [0.2, 0.25) is 0 Å². The molecule has 4 rings (SSSR count). The van der Waals surface area contributed by atoms with Crippen molar-refractivity contribution in [3.8, 4) is 0 Å². The van der Waals surface area contributed by atoms with E-state index >= 15 is 0 Å². The number of carbonyl (C=O) groups excluding carboxylic acids is 1. The number of nitrogens with one attached hydrogen (secondary N) is 2. The van der Waals surface area contributed by atoms with Crippen LogP contribution < -0.4 is 10.6 Å². The van der Waals surface area contributed by atoms with Gasteiger partial charge in [-0.1, -0.05) is 48.5 Å². The van der Waals surface area contributed by atoms with Gasteiger partial charge >= 0.3 is 6.03 Å². The molecular formula is C26H33N5O2. The van der Waals surface area contributed by atoms with Crippen LogP contribution in [0.15, 0.2) is 67.0 Å². The fraction of sp³-hybridized carbons (Fsp3) is 0.385. The number of aryl methyl sites for hydroxylation is 2. The number of imidazole rings is 1. The molecular weight excluding hydrogens is 414 g/mol. The maximum atomic E-state index is 12.7. The van der Waals surface area contributed by atoms with Gasteiger partial charge in [-0.2, -0.15) is 0 Å². The first-order valence-electron chi connectivity index (χ1n) is 11.6. The van der Waals surface area contributed by atoms with Gasteiger partial charge in [-0.25, -0.2) is 9.78 Å². The number of ether oxygens (including phenoxy) is 1. The highest BCUT2D eigenvalue weighted by atomic mass is 16.5. The van der Waals surface area contributed by atoms with Crippen LogP contribution in [-0.2, 0) is 30.8 Å². The van der Waals surface area contributed by atoms with Gasteiger partial charge in [0, 0.05) is 44.3 Å². The largest absolute Gasteiger partial charge is 0.373 e. The molecule has 1 saturated heterocycles. The standard InChI is InChI=1S/C26H33N5O2/c1-20-17-30(18-21(2)33-20)19-23-10-6-7-11-24(23)29-26(32)28-16-25-27-13-15-31(25)14-12-22-8-4-3-5-9-22/h3-11,13,15,20-21H,12,14,16-19H2,1-2H3,(H2,28,29,32)/t20-,21+. The molecule has 3 aromatic rings. The van der Waals surface area contributed by atoms with E-state index in [9.17, 15) is 4.79 Å². The van der Waals surface area contributed by atoms with E-state index in [0.717, 1.165) is 49.7 Å². The Morgan fingerprint density at radius 2 is 1.79 bits per heavy atom. The van der Waals surface area contributed by atoms with Gasteiger partial charge in [-0.15, -0.1) is 0 Å². The Morgan fingerprint density at radius 1 is 1.06 bits per heavy atom. The van der Waals surface area contributed by atoms with Crippen molar-refractivity contribution in [2.75, 3.05) is 18.4 Å². The van der Waals surface area contributed by atoms with E-state index in [4.69, 9.17) is 4.74 Å². The fourth-order valence-electron chi connectivity index (χ4n) is 4.37. The minimum Gasteiger partial charge on any atom is -0.373 e. The van der Waals surface area contributed by atoms with Gasteiger partial charge in [0.1, 0.15) is 5.82 Å². The second-order valence-electron chi connectivity index (χ2n) is 8.69. The average molecular weight is 448 g/mol. The lowest BCUT2D eigenvalue weighted by Gasteiger charge is -2.35. The summed E-state index contributed by atoms with van der Waals surface area (Å²) in [5.41, 5.74) is 3.20. The number of hydrogen-bond acceptors (Lipinski definition) is 4. The number of urea groups is 1. The lowest BCUT2D eigenvalue weighted by atomic mass is 10.1. The van der Waals surface area contributed by atoms with Crippen molar-refractivity contribution in [2.24, 2.45) is 0 Å². The minimum atomic E-state index is -0.233.